The molecule has 0 spiro atoms. The van der Waals surface area contributed by atoms with Crippen molar-refractivity contribution < 1.29 is 9.59 Å². The van der Waals surface area contributed by atoms with Crippen molar-refractivity contribution in [2.75, 3.05) is 5.75 Å². The van der Waals surface area contributed by atoms with Gasteiger partial charge in [-0.1, -0.05) is 25.6 Å². The van der Waals surface area contributed by atoms with E-state index in [1.165, 1.54) is 29.1 Å². The zero-order valence-corrected chi connectivity index (χ0v) is 21.6. The number of carbonyl (C=O) groups is 2. The van der Waals surface area contributed by atoms with Crippen LogP contribution < -0.4 is 5.56 Å². The highest BCUT2D eigenvalue weighted by Gasteiger charge is 2.24. The molecule has 1 aliphatic rings. The molecule has 3 aromatic heterocycles. The second-order valence-corrected chi connectivity index (χ2v) is 11.3. The molecule has 0 atom stereocenters. The van der Waals surface area contributed by atoms with E-state index in [1.807, 2.05) is 6.92 Å². The summed E-state index contributed by atoms with van der Waals surface area (Å²) in [6.45, 7) is 10.0. The van der Waals surface area contributed by atoms with E-state index >= 15 is 0 Å². The largest absolute Gasteiger partial charge is 0.355 e. The standard InChI is InChI=1S/C25H31N3O3S2/c1-13(2)10-11-28-24(31)21-17-8-6-7-9-19(17)33-23(21)27-25(28)32-12-18(30)22-14(3)20(16(5)29)15(4)26-22/h13,26H,6-12H2,1-5H3. The molecule has 0 fully saturated rings. The number of aryl methyl sites for hydroxylation is 3. The lowest BCUT2D eigenvalue weighted by atomic mass is 9.97. The van der Waals surface area contributed by atoms with Gasteiger partial charge in [0.1, 0.15) is 4.83 Å². The lowest BCUT2D eigenvalue weighted by Crippen LogP contribution is -2.25. The van der Waals surface area contributed by atoms with E-state index < -0.39 is 0 Å². The predicted molar refractivity (Wildman–Crippen MR) is 135 cm³/mol. The van der Waals surface area contributed by atoms with Crippen LogP contribution in [0.3, 0.4) is 0 Å². The number of carbonyl (C=O) groups excluding carboxylic acids is 2. The summed E-state index contributed by atoms with van der Waals surface area (Å²) in [6.07, 6.45) is 5.12. The zero-order valence-electron chi connectivity index (χ0n) is 20.0. The molecule has 0 aromatic carbocycles. The predicted octanol–water partition coefficient (Wildman–Crippen LogP) is 5.51. The molecule has 6 nitrogen and oxygen atoms in total. The van der Waals surface area contributed by atoms with Crippen LogP contribution in [0.25, 0.3) is 10.2 Å². The lowest BCUT2D eigenvalue weighted by Gasteiger charge is -2.14. The van der Waals surface area contributed by atoms with Gasteiger partial charge in [0.25, 0.3) is 5.56 Å². The van der Waals surface area contributed by atoms with Crippen LogP contribution in [0.5, 0.6) is 0 Å². The van der Waals surface area contributed by atoms with Crippen LogP contribution in [0.15, 0.2) is 9.95 Å². The first-order chi connectivity index (χ1) is 15.7. The van der Waals surface area contributed by atoms with Gasteiger partial charge in [-0.15, -0.1) is 11.3 Å². The smallest absolute Gasteiger partial charge is 0.263 e. The fourth-order valence-corrected chi connectivity index (χ4v) is 6.87. The van der Waals surface area contributed by atoms with Crippen LogP contribution in [0.2, 0.25) is 0 Å². The van der Waals surface area contributed by atoms with E-state index in [9.17, 15) is 14.4 Å². The van der Waals surface area contributed by atoms with Crippen LogP contribution >= 0.6 is 23.1 Å². The van der Waals surface area contributed by atoms with Crippen molar-refractivity contribution in [3.05, 3.63) is 43.3 Å². The molecule has 0 bridgehead atoms. The zero-order chi connectivity index (χ0) is 23.9. The number of thiophene rings is 1. The molecule has 3 aromatic rings. The number of fused-ring (bicyclic) bond motifs is 3. The van der Waals surface area contributed by atoms with E-state index in [2.05, 4.69) is 18.8 Å². The van der Waals surface area contributed by atoms with E-state index in [1.54, 1.807) is 22.8 Å². The molecular weight excluding hydrogens is 454 g/mol. The van der Waals surface area contributed by atoms with Crippen LogP contribution in [-0.2, 0) is 19.4 Å². The van der Waals surface area contributed by atoms with E-state index in [4.69, 9.17) is 4.98 Å². The molecule has 33 heavy (non-hydrogen) atoms. The molecule has 0 radical (unpaired) electrons. The molecule has 0 saturated heterocycles. The minimum Gasteiger partial charge on any atom is -0.355 e. The van der Waals surface area contributed by atoms with Gasteiger partial charge in [0.05, 0.1) is 16.8 Å². The number of rotatable bonds is 8. The third-order valence-corrected chi connectivity index (χ3v) is 8.53. The summed E-state index contributed by atoms with van der Waals surface area (Å²) in [7, 11) is 0. The average Bonchev–Trinajstić information content (AvgIpc) is 3.27. The van der Waals surface area contributed by atoms with Crippen molar-refractivity contribution >= 4 is 44.9 Å². The van der Waals surface area contributed by atoms with Crippen LogP contribution in [0.1, 0.15) is 82.6 Å². The number of aromatic amines is 1. The summed E-state index contributed by atoms with van der Waals surface area (Å²) in [6, 6.07) is 0. The highest BCUT2D eigenvalue weighted by Crippen LogP contribution is 2.35. The summed E-state index contributed by atoms with van der Waals surface area (Å²) in [5.74, 6) is 0.466. The average molecular weight is 486 g/mol. The highest BCUT2D eigenvalue weighted by molar-refractivity contribution is 7.99. The van der Waals surface area contributed by atoms with Crippen molar-refractivity contribution in [1.29, 1.82) is 0 Å². The van der Waals surface area contributed by atoms with Crippen molar-refractivity contribution in [3.63, 3.8) is 0 Å². The highest BCUT2D eigenvalue weighted by atomic mass is 32.2. The van der Waals surface area contributed by atoms with Gasteiger partial charge >= 0.3 is 0 Å². The normalized spacial score (nSPS) is 13.6. The Morgan fingerprint density at radius 1 is 1.21 bits per heavy atom. The monoisotopic (exact) mass is 485 g/mol. The maximum atomic E-state index is 13.6. The van der Waals surface area contributed by atoms with Gasteiger partial charge in [-0.05, 0) is 69.9 Å². The van der Waals surface area contributed by atoms with Gasteiger partial charge in [-0.25, -0.2) is 4.98 Å². The van der Waals surface area contributed by atoms with Crippen LogP contribution in [0, 0.1) is 19.8 Å². The molecule has 1 aliphatic carbocycles. The third kappa shape index (κ3) is 4.60. The number of hydrogen-bond acceptors (Lipinski definition) is 6. The van der Waals surface area contributed by atoms with Crippen molar-refractivity contribution in [2.24, 2.45) is 5.92 Å². The van der Waals surface area contributed by atoms with E-state index in [-0.39, 0.29) is 22.9 Å². The number of hydrogen-bond donors (Lipinski definition) is 1. The van der Waals surface area contributed by atoms with Crippen molar-refractivity contribution in [1.82, 2.24) is 14.5 Å². The van der Waals surface area contributed by atoms with Crippen molar-refractivity contribution in [3.8, 4) is 0 Å². The van der Waals surface area contributed by atoms with Crippen molar-refractivity contribution in [2.45, 2.75) is 78.4 Å². The Labute approximate surface area is 202 Å². The summed E-state index contributed by atoms with van der Waals surface area (Å²) in [5.41, 5.74) is 3.68. The number of nitrogens with zero attached hydrogens (tertiary/aromatic N) is 2. The molecule has 0 amide bonds. The number of aromatic nitrogens is 3. The summed E-state index contributed by atoms with van der Waals surface area (Å²) in [5, 5.41) is 1.39. The van der Waals surface area contributed by atoms with Gasteiger partial charge in [0.15, 0.2) is 16.7 Å². The van der Waals surface area contributed by atoms with Crippen LogP contribution in [0.4, 0.5) is 0 Å². The molecule has 176 valence electrons. The summed E-state index contributed by atoms with van der Waals surface area (Å²) >= 11 is 2.95. The molecule has 0 aliphatic heterocycles. The molecule has 3 heterocycles. The molecule has 0 unspecified atom stereocenters. The Bertz CT molecular complexity index is 1300. The Hall–Kier alpha value is -2.19. The molecule has 1 N–H and O–H groups in total. The fraction of sp³-hybridized carbons (Fsp3) is 0.520. The van der Waals surface area contributed by atoms with E-state index in [0.29, 0.717) is 40.1 Å². The van der Waals surface area contributed by atoms with Gasteiger partial charge in [0, 0.05) is 22.7 Å². The maximum Gasteiger partial charge on any atom is 0.263 e. The molecule has 0 saturated carbocycles. The van der Waals surface area contributed by atoms with Gasteiger partial charge in [0.2, 0.25) is 0 Å². The maximum absolute atomic E-state index is 13.6. The van der Waals surface area contributed by atoms with Gasteiger partial charge < -0.3 is 4.98 Å². The lowest BCUT2D eigenvalue weighted by molar-refractivity contribution is 0.101. The third-order valence-electron chi connectivity index (χ3n) is 6.37. The Morgan fingerprint density at radius 2 is 1.94 bits per heavy atom. The van der Waals surface area contributed by atoms with Gasteiger partial charge in [-0.2, -0.15) is 0 Å². The first-order valence-electron chi connectivity index (χ1n) is 11.6. The minimum atomic E-state index is -0.0941. The Balaban J connectivity index is 1.68. The first-order valence-corrected chi connectivity index (χ1v) is 13.4. The van der Waals surface area contributed by atoms with Gasteiger partial charge in [-0.3, -0.25) is 19.0 Å². The minimum absolute atomic E-state index is 0.0285. The molecule has 8 heteroatoms. The first kappa shape index (κ1) is 24.0. The quantitative estimate of drug-likeness (QED) is 0.258. The fourth-order valence-electron chi connectivity index (χ4n) is 4.67. The molecule has 4 rings (SSSR count). The summed E-state index contributed by atoms with van der Waals surface area (Å²) in [4.78, 5) is 48.6. The summed E-state index contributed by atoms with van der Waals surface area (Å²) < 4.78 is 1.77. The Morgan fingerprint density at radius 3 is 2.61 bits per heavy atom. The number of nitrogens with one attached hydrogen (secondary N) is 1. The van der Waals surface area contributed by atoms with E-state index in [0.717, 1.165) is 42.3 Å². The second kappa shape index (κ2) is 9.58. The second-order valence-electron chi connectivity index (χ2n) is 9.32. The number of Topliss-reactive ketones (excluding diaryl/α,β-unsaturated/α-hetero) is 2. The van der Waals surface area contributed by atoms with Crippen LogP contribution in [-0.4, -0.2) is 31.9 Å². The number of H-pyrrole nitrogens is 1. The number of thioether (sulfide) groups is 1. The topological polar surface area (TPSA) is 84.8 Å². The SMILES string of the molecule is CC(=O)c1c(C)[nH]c(C(=O)CSc2nc3sc4c(c3c(=O)n2CCC(C)C)CCCC4)c1C. The molecular formula is C25H31N3O3S2. The number of ketones is 2. The Kier molecular flexibility index (Phi) is 6.96.